The summed E-state index contributed by atoms with van der Waals surface area (Å²) in [6, 6.07) is 6.21. The molecule has 1 aromatic heterocycles. The lowest BCUT2D eigenvalue weighted by Crippen LogP contribution is -2.51. The number of anilines is 1. The van der Waals surface area contributed by atoms with Gasteiger partial charge in [0.05, 0.1) is 12.2 Å². The number of piperazine rings is 1. The Morgan fingerprint density at radius 1 is 1.25 bits per heavy atom. The number of halogens is 1. The first-order valence-corrected chi connectivity index (χ1v) is 12.8. The fraction of sp³-hybridized carbons (Fsp3) is 0.600. The fourth-order valence-electron chi connectivity index (χ4n) is 5.03. The molecule has 0 aliphatic carbocycles. The van der Waals surface area contributed by atoms with Gasteiger partial charge in [0, 0.05) is 49.4 Å². The number of rotatable bonds is 4. The van der Waals surface area contributed by atoms with E-state index in [0.29, 0.717) is 18.5 Å². The molecule has 174 valence electrons. The first kappa shape index (κ1) is 23.2. The lowest BCUT2D eigenvalue weighted by molar-refractivity contribution is -0.131. The number of fused-ring (bicyclic) bond motifs is 3. The first-order valence-electron chi connectivity index (χ1n) is 12.0. The molecule has 2 atom stereocenters. The highest BCUT2D eigenvalue weighted by atomic mass is 32.1. The minimum atomic E-state index is -0.137. The molecule has 1 N–H and O–H groups in total. The molecule has 2 bridgehead atoms. The minimum absolute atomic E-state index is 0.137. The zero-order chi connectivity index (χ0) is 22.7. The third-order valence-electron chi connectivity index (χ3n) is 6.80. The second kappa shape index (κ2) is 10.3. The molecular formula is C25H35FN4OS. The Labute approximate surface area is 195 Å². The van der Waals surface area contributed by atoms with E-state index in [1.54, 1.807) is 6.07 Å². The van der Waals surface area contributed by atoms with Crippen LogP contribution in [0.4, 0.5) is 9.52 Å². The zero-order valence-corrected chi connectivity index (χ0v) is 20.3. The van der Waals surface area contributed by atoms with Gasteiger partial charge in [0.25, 0.3) is 0 Å². The Kier molecular flexibility index (Phi) is 7.46. The maximum Gasteiger partial charge on any atom is 0.222 e. The molecule has 0 radical (unpaired) electrons. The van der Waals surface area contributed by atoms with Crippen molar-refractivity contribution in [2.45, 2.75) is 77.9 Å². The fourth-order valence-corrected chi connectivity index (χ4v) is 6.29. The standard InChI is InChI=1S/C15H22N4OS.C10H13F/c1-2-14(20)18-6-5-12-13(9-18)21-15(17-12)19-10-3-4-11(19)8-16-7-10;1-3-4-9-5-6-10(11)7-8(9)2/h10-11,16H,2-9H2,1H3;5-7H,3-4H2,1-2H3. The summed E-state index contributed by atoms with van der Waals surface area (Å²) in [4.78, 5) is 22.6. The number of aryl methyl sites for hydroxylation is 2. The normalized spacial score (nSPS) is 21.8. The maximum atomic E-state index is 12.6. The van der Waals surface area contributed by atoms with Crippen molar-refractivity contribution in [1.82, 2.24) is 15.2 Å². The molecule has 0 spiro atoms. The van der Waals surface area contributed by atoms with Crippen LogP contribution in [-0.4, -0.2) is 47.5 Å². The van der Waals surface area contributed by atoms with Crippen molar-refractivity contribution in [1.29, 1.82) is 0 Å². The second-order valence-corrected chi connectivity index (χ2v) is 10.1. The van der Waals surface area contributed by atoms with Gasteiger partial charge >= 0.3 is 0 Å². The third-order valence-corrected chi connectivity index (χ3v) is 7.90. The van der Waals surface area contributed by atoms with Gasteiger partial charge in [0.2, 0.25) is 5.91 Å². The summed E-state index contributed by atoms with van der Waals surface area (Å²) in [5.41, 5.74) is 3.55. The highest BCUT2D eigenvalue weighted by molar-refractivity contribution is 7.15. The van der Waals surface area contributed by atoms with E-state index < -0.39 is 0 Å². The SMILES string of the molecule is CCC(=O)N1CCc2nc(N3C4CCC3CNC4)sc2C1.CCCc1ccc(F)cc1C. The molecule has 5 nitrogen and oxygen atoms in total. The number of benzene rings is 1. The van der Waals surface area contributed by atoms with Gasteiger partial charge in [0.15, 0.2) is 5.13 Å². The molecule has 2 aromatic rings. The van der Waals surface area contributed by atoms with Crippen LogP contribution in [0.25, 0.3) is 0 Å². The summed E-state index contributed by atoms with van der Waals surface area (Å²) in [7, 11) is 0. The number of carbonyl (C=O) groups is 1. The van der Waals surface area contributed by atoms with Crippen molar-refractivity contribution in [2.24, 2.45) is 0 Å². The number of nitrogens with zero attached hydrogens (tertiary/aromatic N) is 3. The Balaban J connectivity index is 0.000000189. The topological polar surface area (TPSA) is 48.5 Å². The van der Waals surface area contributed by atoms with Crippen LogP contribution in [0.2, 0.25) is 0 Å². The van der Waals surface area contributed by atoms with E-state index in [0.717, 1.165) is 51.0 Å². The minimum Gasteiger partial charge on any atom is -0.340 e. The number of hydrogen-bond acceptors (Lipinski definition) is 5. The summed E-state index contributed by atoms with van der Waals surface area (Å²) in [6.45, 7) is 9.78. The van der Waals surface area contributed by atoms with E-state index in [2.05, 4.69) is 17.1 Å². The molecule has 1 amide bonds. The summed E-state index contributed by atoms with van der Waals surface area (Å²) < 4.78 is 12.6. The second-order valence-electron chi connectivity index (χ2n) is 9.06. The Morgan fingerprint density at radius 3 is 2.66 bits per heavy atom. The van der Waals surface area contributed by atoms with Gasteiger partial charge in [-0.2, -0.15) is 0 Å². The molecule has 2 unspecified atom stereocenters. The van der Waals surface area contributed by atoms with Crippen molar-refractivity contribution >= 4 is 22.4 Å². The van der Waals surface area contributed by atoms with Crippen molar-refractivity contribution in [3.8, 4) is 0 Å². The first-order chi connectivity index (χ1) is 15.5. The van der Waals surface area contributed by atoms with Crippen LogP contribution in [0, 0.1) is 12.7 Å². The number of carbonyl (C=O) groups excluding carboxylic acids is 1. The summed E-state index contributed by atoms with van der Waals surface area (Å²) in [5, 5.41) is 4.71. The summed E-state index contributed by atoms with van der Waals surface area (Å²) in [5.74, 6) is 0.125. The molecule has 0 saturated carbocycles. The lowest BCUT2D eigenvalue weighted by Gasteiger charge is -2.35. The van der Waals surface area contributed by atoms with Gasteiger partial charge in [-0.25, -0.2) is 9.37 Å². The van der Waals surface area contributed by atoms with Gasteiger partial charge in [-0.05, 0) is 49.4 Å². The van der Waals surface area contributed by atoms with E-state index in [4.69, 9.17) is 4.98 Å². The number of thiazole rings is 1. The smallest absolute Gasteiger partial charge is 0.222 e. The van der Waals surface area contributed by atoms with E-state index in [1.165, 1.54) is 40.2 Å². The van der Waals surface area contributed by atoms with Gasteiger partial charge in [-0.3, -0.25) is 4.79 Å². The van der Waals surface area contributed by atoms with Crippen molar-refractivity contribution in [2.75, 3.05) is 24.5 Å². The molecule has 3 aliphatic heterocycles. The van der Waals surface area contributed by atoms with Crippen LogP contribution in [0.1, 0.15) is 61.2 Å². The van der Waals surface area contributed by atoms with Crippen LogP contribution in [0.3, 0.4) is 0 Å². The van der Waals surface area contributed by atoms with E-state index in [9.17, 15) is 9.18 Å². The summed E-state index contributed by atoms with van der Waals surface area (Å²) in [6.07, 6.45) is 6.24. The van der Waals surface area contributed by atoms with Crippen LogP contribution in [0.15, 0.2) is 18.2 Å². The van der Waals surface area contributed by atoms with Gasteiger partial charge < -0.3 is 15.1 Å². The number of amides is 1. The number of nitrogens with one attached hydrogen (secondary N) is 1. The number of aromatic nitrogens is 1. The van der Waals surface area contributed by atoms with Crippen molar-refractivity contribution in [3.63, 3.8) is 0 Å². The molecule has 4 heterocycles. The van der Waals surface area contributed by atoms with E-state index in [-0.39, 0.29) is 11.7 Å². The van der Waals surface area contributed by atoms with Crippen molar-refractivity contribution < 1.29 is 9.18 Å². The molecule has 5 rings (SSSR count). The number of hydrogen-bond donors (Lipinski definition) is 1. The Hall–Kier alpha value is -1.99. The maximum absolute atomic E-state index is 12.6. The van der Waals surface area contributed by atoms with Gasteiger partial charge in [-0.1, -0.05) is 37.7 Å². The van der Waals surface area contributed by atoms with E-state index in [1.807, 2.05) is 36.2 Å². The van der Waals surface area contributed by atoms with E-state index >= 15 is 0 Å². The van der Waals surface area contributed by atoms with Crippen molar-refractivity contribution in [3.05, 3.63) is 45.7 Å². The van der Waals surface area contributed by atoms with Crippen LogP contribution < -0.4 is 10.2 Å². The Bertz CT molecular complexity index is 930. The van der Waals surface area contributed by atoms with Gasteiger partial charge in [-0.15, -0.1) is 0 Å². The van der Waals surface area contributed by atoms with Crippen LogP contribution in [-0.2, 0) is 24.2 Å². The quantitative estimate of drug-likeness (QED) is 0.735. The zero-order valence-electron chi connectivity index (χ0n) is 19.5. The summed E-state index contributed by atoms with van der Waals surface area (Å²) >= 11 is 1.81. The molecule has 2 fully saturated rings. The Morgan fingerprint density at radius 2 is 2.00 bits per heavy atom. The lowest BCUT2D eigenvalue weighted by atomic mass is 10.0. The molecule has 1 aromatic carbocycles. The monoisotopic (exact) mass is 458 g/mol. The molecular weight excluding hydrogens is 423 g/mol. The molecule has 3 aliphatic rings. The molecule has 2 saturated heterocycles. The molecule has 32 heavy (non-hydrogen) atoms. The van der Waals surface area contributed by atoms with Crippen LogP contribution in [0.5, 0.6) is 0 Å². The van der Waals surface area contributed by atoms with Gasteiger partial charge in [0.1, 0.15) is 5.82 Å². The predicted octanol–water partition coefficient (Wildman–Crippen LogP) is 4.47. The average molecular weight is 459 g/mol. The third kappa shape index (κ3) is 4.99. The largest absolute Gasteiger partial charge is 0.340 e. The molecule has 7 heteroatoms. The highest BCUT2D eigenvalue weighted by Gasteiger charge is 2.38. The predicted molar refractivity (Wildman–Crippen MR) is 129 cm³/mol. The highest BCUT2D eigenvalue weighted by Crippen LogP contribution is 2.38. The van der Waals surface area contributed by atoms with Crippen LogP contribution >= 0.6 is 11.3 Å². The average Bonchev–Trinajstić information content (AvgIpc) is 3.32.